The SMILES string of the molecule is CC(C)c1nc(C(=O)Nc2ccc(Cl)c(C#N)c2)n[nH]1. The fourth-order valence-corrected chi connectivity index (χ4v) is 1.67. The van der Waals surface area contributed by atoms with Crippen molar-refractivity contribution < 1.29 is 4.79 Å². The molecule has 0 aliphatic carbocycles. The van der Waals surface area contributed by atoms with Gasteiger partial charge in [0.05, 0.1) is 10.6 Å². The average molecular weight is 290 g/mol. The summed E-state index contributed by atoms with van der Waals surface area (Å²) in [5.41, 5.74) is 0.758. The maximum atomic E-state index is 12.0. The summed E-state index contributed by atoms with van der Waals surface area (Å²) in [5, 5.41) is 18.4. The number of nitrogens with zero attached hydrogens (tertiary/aromatic N) is 3. The van der Waals surface area contributed by atoms with Crippen LogP contribution in [0.3, 0.4) is 0 Å². The van der Waals surface area contributed by atoms with Crippen molar-refractivity contribution >= 4 is 23.2 Å². The van der Waals surface area contributed by atoms with Crippen LogP contribution in [-0.4, -0.2) is 21.1 Å². The van der Waals surface area contributed by atoms with Crippen LogP contribution in [0.15, 0.2) is 18.2 Å². The van der Waals surface area contributed by atoms with Crippen molar-refractivity contribution in [2.75, 3.05) is 5.32 Å². The van der Waals surface area contributed by atoms with E-state index in [1.807, 2.05) is 19.9 Å². The molecule has 0 bridgehead atoms. The summed E-state index contributed by atoms with van der Waals surface area (Å²) < 4.78 is 0. The Hall–Kier alpha value is -2.39. The summed E-state index contributed by atoms with van der Waals surface area (Å²) in [7, 11) is 0. The van der Waals surface area contributed by atoms with Crippen LogP contribution in [0, 0.1) is 11.3 Å². The minimum atomic E-state index is -0.445. The number of aromatic amines is 1. The monoisotopic (exact) mass is 289 g/mol. The van der Waals surface area contributed by atoms with E-state index < -0.39 is 5.91 Å². The first kappa shape index (κ1) is 14.0. The molecule has 1 heterocycles. The lowest BCUT2D eigenvalue weighted by Gasteiger charge is -2.03. The van der Waals surface area contributed by atoms with Crippen molar-refractivity contribution in [1.29, 1.82) is 5.26 Å². The standard InChI is InChI=1S/C13H12ClN5O/c1-7(2)11-17-12(19-18-11)13(20)16-9-3-4-10(14)8(5-9)6-15/h3-5,7H,1-2H3,(H,16,20)(H,17,18,19). The van der Waals surface area contributed by atoms with Gasteiger partial charge in [0, 0.05) is 11.6 Å². The van der Waals surface area contributed by atoms with Crippen molar-refractivity contribution in [1.82, 2.24) is 15.2 Å². The molecular weight excluding hydrogens is 278 g/mol. The molecule has 0 saturated heterocycles. The number of H-pyrrole nitrogens is 1. The summed E-state index contributed by atoms with van der Waals surface area (Å²) in [6.45, 7) is 3.89. The molecule has 0 saturated carbocycles. The van der Waals surface area contributed by atoms with E-state index in [-0.39, 0.29) is 11.7 Å². The zero-order valence-electron chi connectivity index (χ0n) is 10.9. The van der Waals surface area contributed by atoms with Crippen LogP contribution >= 0.6 is 11.6 Å². The third-order valence-corrected chi connectivity index (χ3v) is 2.93. The lowest BCUT2D eigenvalue weighted by atomic mass is 10.2. The number of halogens is 1. The number of hydrogen-bond donors (Lipinski definition) is 2. The number of nitrogens with one attached hydrogen (secondary N) is 2. The quantitative estimate of drug-likeness (QED) is 0.908. The first-order valence-corrected chi connectivity index (χ1v) is 6.32. The Kier molecular flexibility index (Phi) is 4.01. The van der Waals surface area contributed by atoms with Crippen molar-refractivity contribution in [3.63, 3.8) is 0 Å². The van der Waals surface area contributed by atoms with Crippen molar-refractivity contribution in [2.24, 2.45) is 0 Å². The lowest BCUT2D eigenvalue weighted by molar-refractivity contribution is 0.101. The summed E-state index contributed by atoms with van der Waals surface area (Å²) in [6.07, 6.45) is 0. The van der Waals surface area contributed by atoms with Crippen LogP contribution in [0.1, 0.15) is 41.8 Å². The van der Waals surface area contributed by atoms with E-state index in [2.05, 4.69) is 20.5 Å². The molecule has 0 aliphatic rings. The Morgan fingerprint density at radius 3 is 2.85 bits per heavy atom. The van der Waals surface area contributed by atoms with Gasteiger partial charge < -0.3 is 5.32 Å². The predicted octanol–water partition coefficient (Wildman–Crippen LogP) is 2.71. The highest BCUT2D eigenvalue weighted by atomic mass is 35.5. The topological polar surface area (TPSA) is 94.5 Å². The van der Waals surface area contributed by atoms with Crippen molar-refractivity contribution in [3.05, 3.63) is 40.4 Å². The van der Waals surface area contributed by atoms with Crippen LogP contribution in [0.4, 0.5) is 5.69 Å². The second-order valence-electron chi connectivity index (χ2n) is 4.46. The van der Waals surface area contributed by atoms with E-state index in [0.29, 0.717) is 22.1 Å². The number of hydrogen-bond acceptors (Lipinski definition) is 4. The Bertz CT molecular complexity index is 686. The molecule has 2 rings (SSSR count). The number of nitriles is 1. The largest absolute Gasteiger partial charge is 0.319 e. The Morgan fingerprint density at radius 1 is 1.50 bits per heavy atom. The normalized spacial score (nSPS) is 10.3. The fourth-order valence-electron chi connectivity index (χ4n) is 1.51. The van der Waals surface area contributed by atoms with Gasteiger partial charge in [-0.05, 0) is 18.2 Å². The molecule has 20 heavy (non-hydrogen) atoms. The first-order chi connectivity index (χ1) is 9.51. The smallest absolute Gasteiger partial charge is 0.295 e. The highest BCUT2D eigenvalue weighted by Gasteiger charge is 2.14. The number of anilines is 1. The fraction of sp³-hybridized carbons (Fsp3) is 0.231. The molecule has 0 spiro atoms. The molecule has 6 nitrogen and oxygen atoms in total. The van der Waals surface area contributed by atoms with Gasteiger partial charge >= 0.3 is 0 Å². The van der Waals surface area contributed by atoms with Gasteiger partial charge in [-0.1, -0.05) is 25.4 Å². The number of carbonyl (C=O) groups excluding carboxylic acids is 1. The molecular formula is C13H12ClN5O. The zero-order chi connectivity index (χ0) is 14.7. The molecule has 0 fully saturated rings. The molecule has 0 unspecified atom stereocenters. The Balaban J connectivity index is 2.17. The molecule has 1 aromatic carbocycles. The van der Waals surface area contributed by atoms with Gasteiger partial charge in [-0.3, -0.25) is 9.89 Å². The van der Waals surface area contributed by atoms with Gasteiger partial charge in [-0.25, -0.2) is 4.98 Å². The van der Waals surface area contributed by atoms with Crippen LogP contribution in [0.25, 0.3) is 0 Å². The molecule has 2 aromatic rings. The molecule has 2 N–H and O–H groups in total. The van der Waals surface area contributed by atoms with E-state index >= 15 is 0 Å². The maximum absolute atomic E-state index is 12.0. The molecule has 102 valence electrons. The molecule has 7 heteroatoms. The van der Waals surface area contributed by atoms with Gasteiger partial charge in [-0.15, -0.1) is 5.10 Å². The highest BCUT2D eigenvalue weighted by Crippen LogP contribution is 2.20. The van der Waals surface area contributed by atoms with Crippen molar-refractivity contribution in [3.8, 4) is 6.07 Å². The number of benzene rings is 1. The van der Waals surface area contributed by atoms with Gasteiger partial charge in [0.25, 0.3) is 5.91 Å². The van der Waals surface area contributed by atoms with Crippen LogP contribution in [0.5, 0.6) is 0 Å². The van der Waals surface area contributed by atoms with Crippen LogP contribution in [-0.2, 0) is 0 Å². The van der Waals surface area contributed by atoms with E-state index in [1.54, 1.807) is 12.1 Å². The van der Waals surface area contributed by atoms with E-state index in [1.165, 1.54) is 6.07 Å². The minimum Gasteiger partial charge on any atom is -0.319 e. The number of carbonyl (C=O) groups is 1. The number of aromatic nitrogens is 3. The van der Waals surface area contributed by atoms with Crippen molar-refractivity contribution in [2.45, 2.75) is 19.8 Å². The van der Waals surface area contributed by atoms with Gasteiger partial charge in [0.2, 0.25) is 5.82 Å². The number of amides is 1. The van der Waals surface area contributed by atoms with Gasteiger partial charge in [0.1, 0.15) is 11.9 Å². The average Bonchev–Trinajstić information content (AvgIpc) is 2.91. The van der Waals surface area contributed by atoms with Gasteiger partial charge in [0.15, 0.2) is 0 Å². The Morgan fingerprint density at radius 2 is 2.25 bits per heavy atom. The predicted molar refractivity (Wildman–Crippen MR) is 74.6 cm³/mol. The van der Waals surface area contributed by atoms with Crippen LogP contribution < -0.4 is 5.32 Å². The minimum absolute atomic E-state index is 0.0576. The molecule has 1 aromatic heterocycles. The molecule has 0 aliphatic heterocycles. The molecule has 1 amide bonds. The second-order valence-corrected chi connectivity index (χ2v) is 4.87. The van der Waals surface area contributed by atoms with E-state index in [0.717, 1.165) is 0 Å². The lowest BCUT2D eigenvalue weighted by Crippen LogP contribution is -2.14. The summed E-state index contributed by atoms with van der Waals surface area (Å²) in [6, 6.07) is 6.60. The number of rotatable bonds is 3. The van der Waals surface area contributed by atoms with E-state index in [9.17, 15) is 4.79 Å². The zero-order valence-corrected chi connectivity index (χ0v) is 11.7. The second kappa shape index (κ2) is 5.72. The first-order valence-electron chi connectivity index (χ1n) is 5.94. The van der Waals surface area contributed by atoms with Gasteiger partial charge in [-0.2, -0.15) is 5.26 Å². The summed E-state index contributed by atoms with van der Waals surface area (Å²) >= 11 is 5.82. The Labute approximate surface area is 120 Å². The molecule has 0 radical (unpaired) electrons. The summed E-state index contributed by atoms with van der Waals surface area (Å²) in [4.78, 5) is 16.1. The third-order valence-electron chi connectivity index (χ3n) is 2.60. The molecule has 0 atom stereocenters. The third kappa shape index (κ3) is 2.95. The summed E-state index contributed by atoms with van der Waals surface area (Å²) in [5.74, 6) is 0.412. The van der Waals surface area contributed by atoms with E-state index in [4.69, 9.17) is 16.9 Å². The van der Waals surface area contributed by atoms with Crippen LogP contribution in [0.2, 0.25) is 5.02 Å². The highest BCUT2D eigenvalue weighted by molar-refractivity contribution is 6.31. The maximum Gasteiger partial charge on any atom is 0.295 e.